The summed E-state index contributed by atoms with van der Waals surface area (Å²) in [5.41, 5.74) is 0.893. The molecule has 0 aromatic heterocycles. The van der Waals surface area contributed by atoms with Crippen molar-refractivity contribution < 1.29 is 23.9 Å². The van der Waals surface area contributed by atoms with Crippen LogP contribution in [0.15, 0.2) is 30.3 Å². The minimum atomic E-state index is -0.818. The summed E-state index contributed by atoms with van der Waals surface area (Å²) in [7, 11) is 0. The predicted octanol–water partition coefficient (Wildman–Crippen LogP) is 0.818. The lowest BCUT2D eigenvalue weighted by molar-refractivity contribution is -0.125. The Balaban J connectivity index is 1.96. The van der Waals surface area contributed by atoms with E-state index in [1.807, 2.05) is 30.3 Å². The van der Waals surface area contributed by atoms with Crippen molar-refractivity contribution in [2.45, 2.75) is 31.9 Å². The number of benzene rings is 1. The Hall–Kier alpha value is -2.41. The van der Waals surface area contributed by atoms with Crippen molar-refractivity contribution >= 4 is 17.8 Å². The molecule has 2 rings (SSSR count). The van der Waals surface area contributed by atoms with Crippen LogP contribution in [0.5, 0.6) is 0 Å². The fourth-order valence-electron chi connectivity index (χ4n) is 2.33. The Morgan fingerprint density at radius 1 is 1.29 bits per heavy atom. The first-order valence-corrected chi connectivity index (χ1v) is 7.90. The van der Waals surface area contributed by atoms with Crippen LogP contribution in [0.1, 0.15) is 18.9 Å². The lowest BCUT2D eigenvalue weighted by atomic mass is 10.1. The summed E-state index contributed by atoms with van der Waals surface area (Å²) < 4.78 is 10.4. The zero-order valence-electron chi connectivity index (χ0n) is 13.6. The third kappa shape index (κ3) is 6.00. The standard InChI is InChI=1S/C17H22N2O5/c1-12(20)10-18-16(21)15(9-13-5-3-2-4-6-13)19-17(22)24-14-7-8-23-11-14/h2-6,14-15H,7-11H2,1H3,(H,18,21)(H,19,22)/t14-,15?/m0/s1. The van der Waals surface area contributed by atoms with Crippen LogP contribution in [-0.2, 0) is 25.5 Å². The predicted molar refractivity (Wildman–Crippen MR) is 86.5 cm³/mol. The number of ether oxygens (including phenoxy) is 2. The SMILES string of the molecule is CC(=O)CNC(=O)C(Cc1ccccc1)NC(=O)O[C@H]1CCOC1. The Labute approximate surface area is 140 Å². The number of rotatable bonds is 7. The fraction of sp³-hybridized carbons (Fsp3) is 0.471. The number of ketones is 1. The number of amides is 2. The van der Waals surface area contributed by atoms with Crippen LogP contribution < -0.4 is 10.6 Å². The molecule has 0 bridgehead atoms. The van der Waals surface area contributed by atoms with Gasteiger partial charge in [0.25, 0.3) is 0 Å². The van der Waals surface area contributed by atoms with Gasteiger partial charge in [-0.05, 0) is 12.5 Å². The van der Waals surface area contributed by atoms with E-state index in [0.717, 1.165) is 5.56 Å². The second kappa shape index (κ2) is 9.02. The number of alkyl carbamates (subject to hydrolysis) is 1. The summed E-state index contributed by atoms with van der Waals surface area (Å²) in [6.07, 6.45) is 0.000735. The van der Waals surface area contributed by atoms with Gasteiger partial charge in [0.2, 0.25) is 5.91 Å². The van der Waals surface area contributed by atoms with Gasteiger partial charge in [-0.2, -0.15) is 0 Å². The van der Waals surface area contributed by atoms with E-state index in [1.54, 1.807) is 0 Å². The van der Waals surface area contributed by atoms with Crippen LogP contribution in [-0.4, -0.2) is 49.7 Å². The third-order valence-electron chi connectivity index (χ3n) is 3.56. The molecule has 0 spiro atoms. The molecular weight excluding hydrogens is 312 g/mol. The average molecular weight is 334 g/mol. The topological polar surface area (TPSA) is 93.7 Å². The first-order valence-electron chi connectivity index (χ1n) is 7.90. The molecule has 24 heavy (non-hydrogen) atoms. The number of hydrogen-bond acceptors (Lipinski definition) is 5. The normalized spacial score (nSPS) is 17.8. The highest BCUT2D eigenvalue weighted by atomic mass is 16.6. The Bertz CT molecular complexity index is 570. The van der Waals surface area contributed by atoms with E-state index in [1.165, 1.54) is 6.92 Å². The van der Waals surface area contributed by atoms with Gasteiger partial charge in [0.15, 0.2) is 0 Å². The fourth-order valence-corrected chi connectivity index (χ4v) is 2.33. The first-order chi connectivity index (χ1) is 11.5. The van der Waals surface area contributed by atoms with Gasteiger partial charge in [-0.3, -0.25) is 9.59 Å². The van der Waals surface area contributed by atoms with Crippen LogP contribution >= 0.6 is 0 Å². The summed E-state index contributed by atoms with van der Waals surface area (Å²) in [4.78, 5) is 35.3. The molecule has 0 radical (unpaired) electrons. The molecule has 130 valence electrons. The van der Waals surface area contributed by atoms with E-state index in [4.69, 9.17) is 9.47 Å². The van der Waals surface area contributed by atoms with E-state index < -0.39 is 18.0 Å². The maximum Gasteiger partial charge on any atom is 0.408 e. The van der Waals surface area contributed by atoms with E-state index in [9.17, 15) is 14.4 Å². The van der Waals surface area contributed by atoms with E-state index in [2.05, 4.69) is 10.6 Å². The summed E-state index contributed by atoms with van der Waals surface area (Å²) in [5.74, 6) is -0.582. The van der Waals surface area contributed by atoms with Gasteiger partial charge >= 0.3 is 6.09 Å². The van der Waals surface area contributed by atoms with Gasteiger partial charge in [-0.25, -0.2) is 4.79 Å². The quantitative estimate of drug-likeness (QED) is 0.770. The molecule has 1 unspecified atom stereocenters. The molecule has 7 heteroatoms. The van der Waals surface area contributed by atoms with Crippen LogP contribution in [0.2, 0.25) is 0 Å². The average Bonchev–Trinajstić information content (AvgIpc) is 3.05. The second-order valence-corrected chi connectivity index (χ2v) is 5.70. The van der Waals surface area contributed by atoms with Crippen LogP contribution in [0, 0.1) is 0 Å². The molecule has 1 aromatic rings. The molecule has 2 amide bonds. The van der Waals surface area contributed by atoms with E-state index >= 15 is 0 Å². The van der Waals surface area contributed by atoms with Crippen molar-refractivity contribution in [3.63, 3.8) is 0 Å². The molecule has 7 nitrogen and oxygen atoms in total. The van der Waals surface area contributed by atoms with Crippen molar-refractivity contribution in [1.82, 2.24) is 10.6 Å². The van der Waals surface area contributed by atoms with Gasteiger partial charge in [0, 0.05) is 12.8 Å². The lowest BCUT2D eigenvalue weighted by Crippen LogP contribution is -2.49. The smallest absolute Gasteiger partial charge is 0.408 e. The van der Waals surface area contributed by atoms with Gasteiger partial charge in [0.1, 0.15) is 17.9 Å². The highest BCUT2D eigenvalue weighted by Gasteiger charge is 2.25. The van der Waals surface area contributed by atoms with Crippen molar-refractivity contribution in [3.05, 3.63) is 35.9 Å². The number of nitrogens with one attached hydrogen (secondary N) is 2. The zero-order chi connectivity index (χ0) is 17.4. The Morgan fingerprint density at radius 3 is 2.67 bits per heavy atom. The van der Waals surface area contributed by atoms with Crippen molar-refractivity contribution in [3.8, 4) is 0 Å². The van der Waals surface area contributed by atoms with Crippen molar-refractivity contribution in [2.24, 2.45) is 0 Å². The summed E-state index contributed by atoms with van der Waals surface area (Å²) in [5, 5.41) is 5.09. The minimum Gasteiger partial charge on any atom is -0.444 e. The van der Waals surface area contributed by atoms with Crippen LogP contribution in [0.4, 0.5) is 4.79 Å². The molecule has 1 fully saturated rings. The molecule has 2 atom stereocenters. The number of carbonyl (C=O) groups is 3. The van der Waals surface area contributed by atoms with Gasteiger partial charge in [-0.15, -0.1) is 0 Å². The molecule has 1 aliphatic heterocycles. The molecule has 1 saturated heterocycles. The highest BCUT2D eigenvalue weighted by molar-refractivity contribution is 5.89. The van der Waals surface area contributed by atoms with Crippen LogP contribution in [0.25, 0.3) is 0 Å². The van der Waals surface area contributed by atoms with Gasteiger partial charge in [0.05, 0.1) is 19.8 Å². The van der Waals surface area contributed by atoms with Gasteiger partial charge in [-0.1, -0.05) is 30.3 Å². The maximum atomic E-state index is 12.3. The highest BCUT2D eigenvalue weighted by Crippen LogP contribution is 2.09. The lowest BCUT2D eigenvalue weighted by Gasteiger charge is -2.19. The zero-order valence-corrected chi connectivity index (χ0v) is 13.6. The van der Waals surface area contributed by atoms with Crippen molar-refractivity contribution in [1.29, 1.82) is 0 Å². The van der Waals surface area contributed by atoms with E-state index in [-0.39, 0.29) is 18.4 Å². The summed E-state index contributed by atoms with van der Waals surface area (Å²) in [6.45, 7) is 2.24. The maximum absolute atomic E-state index is 12.3. The molecule has 1 aliphatic rings. The number of carbonyl (C=O) groups excluding carboxylic acids is 3. The summed E-state index contributed by atoms with van der Waals surface area (Å²) >= 11 is 0. The molecule has 1 aromatic carbocycles. The molecule has 2 N–H and O–H groups in total. The molecule has 0 aliphatic carbocycles. The summed E-state index contributed by atoms with van der Waals surface area (Å²) in [6, 6.07) is 8.49. The van der Waals surface area contributed by atoms with E-state index in [0.29, 0.717) is 26.1 Å². The Kier molecular flexibility index (Phi) is 6.74. The molecular formula is C17H22N2O5. The van der Waals surface area contributed by atoms with Crippen molar-refractivity contribution in [2.75, 3.05) is 19.8 Å². The molecule has 0 saturated carbocycles. The first kappa shape index (κ1) is 17.9. The van der Waals surface area contributed by atoms with Crippen LogP contribution in [0.3, 0.4) is 0 Å². The number of Topliss-reactive ketones (excluding diaryl/α,β-unsaturated/α-hetero) is 1. The minimum absolute atomic E-state index is 0.0721. The van der Waals surface area contributed by atoms with Gasteiger partial charge < -0.3 is 20.1 Å². The third-order valence-corrected chi connectivity index (χ3v) is 3.56. The second-order valence-electron chi connectivity index (χ2n) is 5.70. The largest absolute Gasteiger partial charge is 0.444 e. The molecule has 1 heterocycles. The Morgan fingerprint density at radius 2 is 2.04 bits per heavy atom. The monoisotopic (exact) mass is 334 g/mol. The number of hydrogen-bond donors (Lipinski definition) is 2.